The number of hydrogen-bond donors (Lipinski definition) is 4. The second-order valence-corrected chi connectivity index (χ2v) is 9.52. The smallest absolute Gasteiger partial charge is 0.409 e. The van der Waals surface area contributed by atoms with Crippen LogP contribution in [0.5, 0.6) is 0 Å². The van der Waals surface area contributed by atoms with Gasteiger partial charge < -0.3 is 25.4 Å². The zero-order chi connectivity index (χ0) is 25.3. The van der Waals surface area contributed by atoms with Gasteiger partial charge in [-0.25, -0.2) is 9.59 Å². The molecule has 35 heavy (non-hydrogen) atoms. The van der Waals surface area contributed by atoms with Crippen LogP contribution in [0.15, 0.2) is 30.3 Å². The van der Waals surface area contributed by atoms with E-state index in [4.69, 9.17) is 4.74 Å². The molecule has 10 nitrogen and oxygen atoms in total. The summed E-state index contributed by atoms with van der Waals surface area (Å²) in [6.07, 6.45) is 3.70. The number of carboxylic acids is 1. The molecule has 0 radical (unpaired) electrons. The van der Waals surface area contributed by atoms with Crippen LogP contribution >= 0.6 is 0 Å². The highest BCUT2D eigenvalue weighted by atomic mass is 16.5. The Bertz CT molecular complexity index is 889. The minimum atomic E-state index is -2.05. The van der Waals surface area contributed by atoms with Crippen LogP contribution in [-0.4, -0.2) is 65.7 Å². The first-order valence-electron chi connectivity index (χ1n) is 12.3. The number of likely N-dealkylation sites (tertiary alicyclic amines) is 1. The molecule has 2 heterocycles. The first-order chi connectivity index (χ1) is 16.8. The number of carbonyl (C=O) groups is 4. The van der Waals surface area contributed by atoms with Crippen molar-refractivity contribution >= 4 is 23.9 Å². The van der Waals surface area contributed by atoms with Crippen molar-refractivity contribution in [3.63, 3.8) is 0 Å². The molecule has 2 atom stereocenters. The molecule has 2 aliphatic heterocycles. The van der Waals surface area contributed by atoms with Gasteiger partial charge in [0.25, 0.3) is 0 Å². The molecule has 3 amide bonds. The minimum Gasteiger partial charge on any atom is -0.478 e. The maximum Gasteiger partial charge on any atom is 0.409 e. The maximum atomic E-state index is 12.9. The van der Waals surface area contributed by atoms with Crippen LogP contribution in [0.3, 0.4) is 0 Å². The Balaban J connectivity index is 1.50. The van der Waals surface area contributed by atoms with E-state index >= 15 is 0 Å². The number of alkyl carbamates (subject to hydrolysis) is 1. The molecule has 2 aliphatic rings. The van der Waals surface area contributed by atoms with Gasteiger partial charge >= 0.3 is 12.1 Å². The number of benzene rings is 1. The molecule has 2 saturated heterocycles. The lowest BCUT2D eigenvalue weighted by Gasteiger charge is -2.35. The van der Waals surface area contributed by atoms with Crippen LogP contribution in [-0.2, 0) is 25.7 Å². The topological polar surface area (TPSA) is 137 Å². The first kappa shape index (κ1) is 26.5. The Morgan fingerprint density at radius 1 is 1.11 bits per heavy atom. The molecule has 3 rings (SSSR count). The molecule has 2 fully saturated rings. The number of carboxylic acid groups (broad SMARTS) is 1. The molecule has 0 unspecified atom stereocenters. The van der Waals surface area contributed by atoms with Gasteiger partial charge in [-0.15, -0.1) is 0 Å². The lowest BCUT2D eigenvalue weighted by Crippen LogP contribution is -2.65. The summed E-state index contributed by atoms with van der Waals surface area (Å²) in [5.41, 5.74) is -1.30. The van der Waals surface area contributed by atoms with E-state index in [0.717, 1.165) is 37.9 Å². The van der Waals surface area contributed by atoms with Crippen molar-refractivity contribution in [3.05, 3.63) is 35.9 Å². The fourth-order valence-electron chi connectivity index (χ4n) is 4.52. The summed E-state index contributed by atoms with van der Waals surface area (Å²) in [6, 6.07) is 8.96. The summed E-state index contributed by atoms with van der Waals surface area (Å²) >= 11 is 0. The van der Waals surface area contributed by atoms with Crippen molar-refractivity contribution in [2.24, 2.45) is 11.8 Å². The van der Waals surface area contributed by atoms with Crippen LogP contribution in [0.4, 0.5) is 4.79 Å². The van der Waals surface area contributed by atoms with Gasteiger partial charge in [0.1, 0.15) is 6.61 Å². The van der Waals surface area contributed by atoms with E-state index in [1.165, 1.54) is 6.92 Å². The normalized spacial score (nSPS) is 20.4. The van der Waals surface area contributed by atoms with E-state index in [1.54, 1.807) is 29.2 Å². The Kier molecular flexibility index (Phi) is 9.47. The zero-order valence-electron chi connectivity index (χ0n) is 20.3. The third-order valence-electron chi connectivity index (χ3n) is 6.74. The Labute approximate surface area is 205 Å². The molecule has 1 aromatic rings. The van der Waals surface area contributed by atoms with Gasteiger partial charge in [-0.1, -0.05) is 30.3 Å². The molecule has 4 N–H and O–H groups in total. The average molecular weight is 489 g/mol. The summed E-state index contributed by atoms with van der Waals surface area (Å²) in [5, 5.41) is 17.7. The van der Waals surface area contributed by atoms with E-state index in [-0.39, 0.29) is 19.1 Å². The summed E-state index contributed by atoms with van der Waals surface area (Å²) in [7, 11) is 0. The third kappa shape index (κ3) is 7.95. The van der Waals surface area contributed by atoms with Crippen molar-refractivity contribution < 1.29 is 29.0 Å². The second-order valence-electron chi connectivity index (χ2n) is 9.52. The quantitative estimate of drug-likeness (QED) is 0.389. The SMILES string of the molecule is C[C@@](NC(=O)OCc1ccccc1)(NC(=O)[C@@H]1CCCN(C(=O)CCC2CCNCC2)C1)C(=O)O. The van der Waals surface area contributed by atoms with Crippen LogP contribution in [0.1, 0.15) is 51.0 Å². The fraction of sp³-hybridized carbons (Fsp3) is 0.600. The molecule has 192 valence electrons. The number of nitrogens with zero attached hydrogens (tertiary/aromatic N) is 1. The molecule has 0 bridgehead atoms. The van der Waals surface area contributed by atoms with Gasteiger partial charge in [0, 0.05) is 19.5 Å². The molecule has 10 heteroatoms. The minimum absolute atomic E-state index is 0.0321. The zero-order valence-corrected chi connectivity index (χ0v) is 20.3. The van der Waals surface area contributed by atoms with Crippen molar-refractivity contribution in [3.8, 4) is 0 Å². The van der Waals surface area contributed by atoms with E-state index in [1.807, 2.05) is 6.07 Å². The number of hydrogen-bond acceptors (Lipinski definition) is 6. The highest BCUT2D eigenvalue weighted by Crippen LogP contribution is 2.22. The summed E-state index contributed by atoms with van der Waals surface area (Å²) < 4.78 is 5.10. The summed E-state index contributed by atoms with van der Waals surface area (Å²) in [6.45, 7) is 3.97. The largest absolute Gasteiger partial charge is 0.478 e. The van der Waals surface area contributed by atoms with Gasteiger partial charge in [0.05, 0.1) is 5.92 Å². The summed E-state index contributed by atoms with van der Waals surface area (Å²) in [5.74, 6) is -1.91. The molecule has 0 saturated carbocycles. The number of ether oxygens (including phenoxy) is 1. The molecule has 0 aliphatic carbocycles. The van der Waals surface area contributed by atoms with Crippen LogP contribution in [0.25, 0.3) is 0 Å². The number of aliphatic carboxylic acids is 1. The number of amides is 3. The number of piperidine rings is 2. The van der Waals surface area contributed by atoms with Gasteiger partial charge in [0.2, 0.25) is 17.5 Å². The van der Waals surface area contributed by atoms with Crippen LogP contribution in [0, 0.1) is 11.8 Å². The average Bonchev–Trinajstić information content (AvgIpc) is 2.87. The molecular formula is C25H36N4O6. The lowest BCUT2D eigenvalue weighted by atomic mass is 9.92. The van der Waals surface area contributed by atoms with E-state index < -0.39 is 29.6 Å². The molecular weight excluding hydrogens is 452 g/mol. The highest BCUT2D eigenvalue weighted by molar-refractivity contribution is 5.90. The van der Waals surface area contributed by atoms with E-state index in [0.29, 0.717) is 31.7 Å². The fourth-order valence-corrected chi connectivity index (χ4v) is 4.52. The Morgan fingerprint density at radius 2 is 1.83 bits per heavy atom. The first-order valence-corrected chi connectivity index (χ1v) is 12.3. The summed E-state index contributed by atoms with van der Waals surface area (Å²) in [4.78, 5) is 51.5. The van der Waals surface area contributed by atoms with Crippen LogP contribution < -0.4 is 16.0 Å². The Morgan fingerprint density at radius 3 is 2.51 bits per heavy atom. The Hall–Kier alpha value is -3.14. The van der Waals surface area contributed by atoms with Crippen molar-refractivity contribution in [1.82, 2.24) is 20.9 Å². The lowest BCUT2D eigenvalue weighted by molar-refractivity contribution is -0.149. The van der Waals surface area contributed by atoms with Crippen LogP contribution in [0.2, 0.25) is 0 Å². The van der Waals surface area contributed by atoms with E-state index in [9.17, 15) is 24.3 Å². The molecule has 0 spiro atoms. The van der Waals surface area contributed by atoms with Crippen molar-refractivity contribution in [2.45, 2.75) is 57.7 Å². The number of carbonyl (C=O) groups excluding carboxylic acids is 3. The number of rotatable bonds is 9. The predicted octanol–water partition coefficient (Wildman–Crippen LogP) is 1.85. The third-order valence-corrected chi connectivity index (χ3v) is 6.74. The second kappa shape index (κ2) is 12.5. The standard InChI is InChI=1S/C25H36N4O6/c1-25(23(32)33,28-24(34)35-17-19-6-3-2-4-7-19)27-22(31)20-8-5-15-29(16-20)21(30)10-9-18-11-13-26-14-12-18/h2-4,6-7,18,20,26H,5,8-17H2,1H3,(H,27,31)(H,28,34)(H,32,33)/t20-,25+/m1/s1. The van der Waals surface area contributed by atoms with E-state index in [2.05, 4.69) is 16.0 Å². The highest BCUT2D eigenvalue weighted by Gasteiger charge is 2.40. The van der Waals surface area contributed by atoms with Crippen molar-refractivity contribution in [2.75, 3.05) is 26.2 Å². The van der Waals surface area contributed by atoms with Gasteiger partial charge in [-0.05, 0) is 63.6 Å². The molecule has 0 aromatic heterocycles. The molecule has 1 aromatic carbocycles. The monoisotopic (exact) mass is 488 g/mol. The number of nitrogens with one attached hydrogen (secondary N) is 3. The van der Waals surface area contributed by atoms with Gasteiger partial charge in [0.15, 0.2) is 0 Å². The maximum absolute atomic E-state index is 12.9. The van der Waals surface area contributed by atoms with Gasteiger partial charge in [-0.2, -0.15) is 0 Å². The van der Waals surface area contributed by atoms with Gasteiger partial charge in [-0.3, -0.25) is 14.9 Å². The van der Waals surface area contributed by atoms with Crippen molar-refractivity contribution in [1.29, 1.82) is 0 Å². The predicted molar refractivity (Wildman–Crippen MR) is 128 cm³/mol.